The Kier molecular flexibility index (Phi) is 6.93. The fourth-order valence-corrected chi connectivity index (χ4v) is 4.92. The van der Waals surface area contributed by atoms with Gasteiger partial charge in [-0.1, -0.05) is 74.6 Å². The molecule has 0 spiro atoms. The Labute approximate surface area is 179 Å². The molecule has 1 aliphatic rings. The van der Waals surface area contributed by atoms with E-state index >= 15 is 0 Å². The highest BCUT2D eigenvalue weighted by Gasteiger charge is 2.17. The van der Waals surface area contributed by atoms with Crippen LogP contribution >= 0.6 is 0 Å². The van der Waals surface area contributed by atoms with Crippen LogP contribution in [0.4, 0.5) is 0 Å². The molecule has 4 heteroatoms. The molecular weight excluding hydrogens is 370 g/mol. The summed E-state index contributed by atoms with van der Waals surface area (Å²) < 4.78 is 2.23. The fourth-order valence-electron chi connectivity index (χ4n) is 4.92. The molecule has 0 bridgehead atoms. The Morgan fingerprint density at radius 3 is 2.50 bits per heavy atom. The summed E-state index contributed by atoms with van der Waals surface area (Å²) in [7, 11) is 0. The van der Waals surface area contributed by atoms with Crippen LogP contribution in [0.2, 0.25) is 0 Å². The van der Waals surface area contributed by atoms with Crippen molar-refractivity contribution >= 4 is 16.6 Å². The average molecular weight is 404 g/mol. The lowest BCUT2D eigenvalue weighted by molar-refractivity contribution is -0.118. The highest BCUT2D eigenvalue weighted by atomic mass is 16.1. The molecule has 0 atom stereocenters. The van der Waals surface area contributed by atoms with Crippen molar-refractivity contribution in [2.24, 2.45) is 5.92 Å². The minimum atomic E-state index is 0.265. The van der Waals surface area contributed by atoms with Crippen LogP contribution in [-0.2, 0) is 30.6 Å². The number of aromatic nitrogens is 3. The van der Waals surface area contributed by atoms with Gasteiger partial charge in [-0.15, -0.1) is 10.2 Å². The Balaban J connectivity index is 1.35. The molecule has 0 unspecified atom stereocenters. The summed E-state index contributed by atoms with van der Waals surface area (Å²) in [6, 6.07) is 14.5. The number of carbonyl (C=O) groups is 1. The lowest BCUT2D eigenvalue weighted by atomic mass is 9.86. The standard InChI is InChI=1S/C26H33N3O/c1-2-29-25(17-15-20-9-4-3-5-10-20)27-28-26(29)18-16-23(30)19-22-13-8-12-21-11-6-7-14-24(21)22/h6-8,11-14,20H,2-5,9-10,15-19H2,1H3. The second-order valence-electron chi connectivity index (χ2n) is 8.67. The number of fused-ring (bicyclic) bond motifs is 1. The predicted molar refractivity (Wildman–Crippen MR) is 122 cm³/mol. The van der Waals surface area contributed by atoms with E-state index in [9.17, 15) is 4.79 Å². The Bertz CT molecular complexity index is 980. The molecule has 0 amide bonds. The lowest BCUT2D eigenvalue weighted by Crippen LogP contribution is -2.12. The fraction of sp³-hybridized carbons (Fsp3) is 0.500. The average Bonchev–Trinajstić information content (AvgIpc) is 3.19. The zero-order chi connectivity index (χ0) is 20.8. The third-order valence-corrected chi connectivity index (χ3v) is 6.62. The first-order valence-corrected chi connectivity index (χ1v) is 11.6. The van der Waals surface area contributed by atoms with Crippen LogP contribution in [0.15, 0.2) is 42.5 Å². The van der Waals surface area contributed by atoms with Gasteiger partial charge in [0.1, 0.15) is 17.4 Å². The lowest BCUT2D eigenvalue weighted by Gasteiger charge is -2.21. The maximum absolute atomic E-state index is 12.7. The molecule has 1 saturated carbocycles. The normalized spacial score (nSPS) is 15.0. The molecule has 0 aliphatic heterocycles. The molecular formula is C26H33N3O. The third kappa shape index (κ3) is 4.97. The summed E-state index contributed by atoms with van der Waals surface area (Å²) in [6.45, 7) is 3.02. The minimum absolute atomic E-state index is 0.265. The van der Waals surface area contributed by atoms with Crippen LogP contribution in [0.5, 0.6) is 0 Å². The van der Waals surface area contributed by atoms with Gasteiger partial charge in [0, 0.05) is 32.2 Å². The molecule has 0 radical (unpaired) electrons. The first-order valence-electron chi connectivity index (χ1n) is 11.6. The van der Waals surface area contributed by atoms with Crippen molar-refractivity contribution in [3.8, 4) is 0 Å². The van der Waals surface area contributed by atoms with Crippen LogP contribution in [0, 0.1) is 5.92 Å². The van der Waals surface area contributed by atoms with Crippen molar-refractivity contribution in [3.05, 3.63) is 59.7 Å². The van der Waals surface area contributed by atoms with Gasteiger partial charge in [0.05, 0.1) is 0 Å². The Morgan fingerprint density at radius 1 is 0.967 bits per heavy atom. The summed E-state index contributed by atoms with van der Waals surface area (Å²) in [6.07, 6.45) is 10.8. The second kappa shape index (κ2) is 10.0. The molecule has 1 aromatic heterocycles. The third-order valence-electron chi connectivity index (χ3n) is 6.62. The molecule has 158 valence electrons. The number of ketones is 1. The molecule has 2 aromatic carbocycles. The van der Waals surface area contributed by atoms with Crippen molar-refractivity contribution < 1.29 is 4.79 Å². The molecule has 4 rings (SSSR count). The maximum atomic E-state index is 12.7. The molecule has 4 nitrogen and oxygen atoms in total. The van der Waals surface area contributed by atoms with Crippen molar-refractivity contribution in [1.29, 1.82) is 0 Å². The quantitative estimate of drug-likeness (QED) is 0.460. The van der Waals surface area contributed by atoms with Gasteiger partial charge in [-0.05, 0) is 35.6 Å². The number of benzene rings is 2. The molecule has 0 N–H and O–H groups in total. The molecule has 30 heavy (non-hydrogen) atoms. The van der Waals surface area contributed by atoms with Crippen molar-refractivity contribution in [2.75, 3.05) is 0 Å². The highest BCUT2D eigenvalue weighted by molar-refractivity contribution is 5.90. The maximum Gasteiger partial charge on any atom is 0.137 e. The minimum Gasteiger partial charge on any atom is -0.315 e. The molecule has 3 aromatic rings. The van der Waals surface area contributed by atoms with E-state index in [-0.39, 0.29) is 5.78 Å². The largest absolute Gasteiger partial charge is 0.315 e. The Hall–Kier alpha value is -2.49. The first-order chi connectivity index (χ1) is 14.7. The van der Waals surface area contributed by atoms with E-state index in [0.29, 0.717) is 19.3 Å². The summed E-state index contributed by atoms with van der Waals surface area (Å²) in [5.74, 6) is 3.18. The second-order valence-corrected chi connectivity index (χ2v) is 8.67. The summed E-state index contributed by atoms with van der Waals surface area (Å²) in [5.41, 5.74) is 1.11. The number of hydrogen-bond donors (Lipinski definition) is 0. The van der Waals surface area contributed by atoms with Gasteiger partial charge in [-0.2, -0.15) is 0 Å². The molecule has 1 aliphatic carbocycles. The number of rotatable bonds is 9. The summed E-state index contributed by atoms with van der Waals surface area (Å²) in [5, 5.41) is 11.3. The number of hydrogen-bond acceptors (Lipinski definition) is 3. The molecule has 1 heterocycles. The van der Waals surface area contributed by atoms with Crippen LogP contribution in [-0.4, -0.2) is 20.5 Å². The molecule has 1 fully saturated rings. The smallest absolute Gasteiger partial charge is 0.137 e. The zero-order valence-electron chi connectivity index (χ0n) is 18.1. The van der Waals surface area contributed by atoms with Gasteiger partial charge < -0.3 is 4.57 Å². The van der Waals surface area contributed by atoms with E-state index in [0.717, 1.165) is 36.1 Å². The van der Waals surface area contributed by atoms with E-state index in [1.54, 1.807) is 0 Å². The van der Waals surface area contributed by atoms with Crippen LogP contribution in [0.25, 0.3) is 10.8 Å². The van der Waals surface area contributed by atoms with Gasteiger partial charge >= 0.3 is 0 Å². The van der Waals surface area contributed by atoms with E-state index in [1.165, 1.54) is 49.3 Å². The monoisotopic (exact) mass is 403 g/mol. The van der Waals surface area contributed by atoms with Crippen molar-refractivity contribution in [3.63, 3.8) is 0 Å². The van der Waals surface area contributed by atoms with Gasteiger partial charge in [0.25, 0.3) is 0 Å². The van der Waals surface area contributed by atoms with Gasteiger partial charge in [0.15, 0.2) is 0 Å². The number of carbonyl (C=O) groups excluding carboxylic acids is 1. The number of aryl methyl sites for hydroxylation is 2. The van der Waals surface area contributed by atoms with E-state index < -0.39 is 0 Å². The van der Waals surface area contributed by atoms with Crippen LogP contribution < -0.4 is 0 Å². The summed E-state index contributed by atoms with van der Waals surface area (Å²) >= 11 is 0. The van der Waals surface area contributed by atoms with E-state index in [2.05, 4.69) is 46.0 Å². The van der Waals surface area contributed by atoms with E-state index in [1.807, 2.05) is 18.2 Å². The van der Waals surface area contributed by atoms with E-state index in [4.69, 9.17) is 0 Å². The van der Waals surface area contributed by atoms with Crippen molar-refractivity contribution in [2.45, 2.75) is 77.7 Å². The van der Waals surface area contributed by atoms with Crippen molar-refractivity contribution in [1.82, 2.24) is 14.8 Å². The first kappa shape index (κ1) is 20.8. The zero-order valence-corrected chi connectivity index (χ0v) is 18.1. The predicted octanol–water partition coefficient (Wildman–Crippen LogP) is 5.71. The SMILES string of the molecule is CCn1c(CCC(=O)Cc2cccc3ccccc23)nnc1CCC1CCCCC1. The highest BCUT2D eigenvalue weighted by Crippen LogP contribution is 2.27. The molecule has 0 saturated heterocycles. The number of Topliss-reactive ketones (excluding diaryl/α,β-unsaturated/α-hetero) is 1. The topological polar surface area (TPSA) is 47.8 Å². The summed E-state index contributed by atoms with van der Waals surface area (Å²) in [4.78, 5) is 12.7. The Morgan fingerprint density at radius 2 is 1.70 bits per heavy atom. The van der Waals surface area contributed by atoms with Crippen LogP contribution in [0.3, 0.4) is 0 Å². The van der Waals surface area contributed by atoms with Gasteiger partial charge in [-0.25, -0.2) is 0 Å². The van der Waals surface area contributed by atoms with Gasteiger partial charge in [-0.3, -0.25) is 4.79 Å². The van der Waals surface area contributed by atoms with Crippen LogP contribution in [0.1, 0.15) is 69.1 Å². The number of nitrogens with zero attached hydrogens (tertiary/aromatic N) is 3. The van der Waals surface area contributed by atoms with Gasteiger partial charge in [0.2, 0.25) is 0 Å².